The Morgan fingerprint density at radius 3 is 2.86 bits per heavy atom. The number of rotatable bonds is 5. The van der Waals surface area contributed by atoms with Crippen molar-refractivity contribution in [1.29, 1.82) is 0 Å². The first-order valence-corrected chi connectivity index (χ1v) is 7.47. The predicted molar refractivity (Wildman–Crippen MR) is 85.9 cm³/mol. The molecule has 2 N–H and O–H groups in total. The summed E-state index contributed by atoms with van der Waals surface area (Å²) in [6.07, 6.45) is 5.61. The maximum Gasteiger partial charge on any atom is 0.226 e. The van der Waals surface area contributed by atoms with E-state index >= 15 is 0 Å². The van der Waals surface area contributed by atoms with Crippen molar-refractivity contribution in [3.05, 3.63) is 35.9 Å². The molecule has 0 radical (unpaired) electrons. The van der Waals surface area contributed by atoms with Crippen LogP contribution in [0, 0.1) is 12.7 Å². The van der Waals surface area contributed by atoms with Gasteiger partial charge >= 0.3 is 0 Å². The molecule has 1 aromatic carbocycles. The summed E-state index contributed by atoms with van der Waals surface area (Å²) in [5.74, 6) is -0.160. The molecule has 2 aromatic rings. The van der Waals surface area contributed by atoms with Crippen LogP contribution >= 0.6 is 11.8 Å². The van der Waals surface area contributed by atoms with Crippen LogP contribution in [0.5, 0.6) is 11.6 Å². The van der Waals surface area contributed by atoms with Crippen molar-refractivity contribution in [2.75, 3.05) is 6.26 Å². The van der Waals surface area contributed by atoms with Gasteiger partial charge in [0, 0.05) is 11.6 Å². The Bertz CT molecular complexity index is 720. The Morgan fingerprint density at radius 1 is 1.36 bits per heavy atom. The van der Waals surface area contributed by atoms with E-state index in [1.807, 2.05) is 13.2 Å². The summed E-state index contributed by atoms with van der Waals surface area (Å²) in [7, 11) is 0. The van der Waals surface area contributed by atoms with E-state index in [4.69, 9.17) is 10.5 Å². The number of aromatic nitrogens is 2. The summed E-state index contributed by atoms with van der Waals surface area (Å²) in [4.78, 5) is 15.7. The standard InChI is InChI=1S/C14H14FN5OS/c1-9-13(19-8-20-14(9)22-2)21-12-4-3-10(5-11(12)15)18-7-17-6-16/h3-8H,1-2H3,(H2,16,17,18). The summed E-state index contributed by atoms with van der Waals surface area (Å²) in [6, 6.07) is 4.32. The molecular formula is C14H14FN5OS. The molecule has 0 amide bonds. The monoisotopic (exact) mass is 319 g/mol. The number of thioether (sulfide) groups is 1. The largest absolute Gasteiger partial charge is 0.436 e. The van der Waals surface area contributed by atoms with E-state index in [1.54, 1.807) is 6.07 Å². The quantitative estimate of drug-likeness (QED) is 0.396. The smallest absolute Gasteiger partial charge is 0.226 e. The number of nitrogens with zero attached hydrogens (tertiary/aromatic N) is 4. The molecule has 0 atom stereocenters. The zero-order valence-electron chi connectivity index (χ0n) is 12.0. The summed E-state index contributed by atoms with van der Waals surface area (Å²) < 4.78 is 19.6. The summed E-state index contributed by atoms with van der Waals surface area (Å²) in [5, 5.41) is 0.784. The molecule has 22 heavy (non-hydrogen) atoms. The molecule has 0 aliphatic carbocycles. The second-order valence-corrected chi connectivity index (χ2v) is 4.87. The Kier molecular flexibility index (Phi) is 5.42. The van der Waals surface area contributed by atoms with Crippen molar-refractivity contribution in [2.24, 2.45) is 15.7 Å². The zero-order chi connectivity index (χ0) is 15.9. The van der Waals surface area contributed by atoms with Gasteiger partial charge in [-0.1, -0.05) is 0 Å². The van der Waals surface area contributed by atoms with Crippen LogP contribution in [-0.2, 0) is 0 Å². The summed E-state index contributed by atoms with van der Waals surface area (Å²) in [5.41, 5.74) is 6.24. The van der Waals surface area contributed by atoms with Gasteiger partial charge in [-0.25, -0.2) is 24.3 Å². The minimum Gasteiger partial charge on any atom is -0.436 e. The van der Waals surface area contributed by atoms with Crippen LogP contribution in [0.2, 0.25) is 0 Å². The van der Waals surface area contributed by atoms with E-state index < -0.39 is 5.82 Å². The molecule has 0 fully saturated rings. The lowest BCUT2D eigenvalue weighted by Crippen LogP contribution is -1.96. The topological polar surface area (TPSA) is 85.8 Å². The molecule has 0 bridgehead atoms. The summed E-state index contributed by atoms with van der Waals surface area (Å²) in [6.45, 7) is 1.82. The van der Waals surface area contributed by atoms with Gasteiger partial charge in [-0.15, -0.1) is 11.8 Å². The number of benzene rings is 1. The van der Waals surface area contributed by atoms with Gasteiger partial charge < -0.3 is 10.5 Å². The molecule has 0 saturated carbocycles. The SMILES string of the molecule is CSc1ncnc(Oc2ccc(N=CN=CN)cc2F)c1C. The van der Waals surface area contributed by atoms with E-state index in [1.165, 1.54) is 36.6 Å². The van der Waals surface area contributed by atoms with Gasteiger partial charge in [0.2, 0.25) is 5.88 Å². The second kappa shape index (κ2) is 7.51. The number of nitrogens with two attached hydrogens (primary N) is 1. The molecule has 8 heteroatoms. The lowest BCUT2D eigenvalue weighted by atomic mass is 10.3. The molecule has 2 rings (SSSR count). The average molecular weight is 319 g/mol. The number of hydrogen-bond donors (Lipinski definition) is 1. The molecule has 1 aromatic heterocycles. The summed E-state index contributed by atoms with van der Waals surface area (Å²) >= 11 is 1.47. The first-order valence-electron chi connectivity index (χ1n) is 6.24. The van der Waals surface area contributed by atoms with Gasteiger partial charge in [0.05, 0.1) is 12.0 Å². The van der Waals surface area contributed by atoms with Crippen molar-refractivity contribution in [2.45, 2.75) is 11.9 Å². The molecule has 0 aliphatic rings. The van der Waals surface area contributed by atoms with Gasteiger partial charge in [0.25, 0.3) is 0 Å². The maximum absolute atomic E-state index is 14.0. The Hall–Kier alpha value is -2.48. The molecule has 1 heterocycles. The molecule has 0 unspecified atom stereocenters. The van der Waals surface area contributed by atoms with Crippen LogP contribution in [0.3, 0.4) is 0 Å². The third kappa shape index (κ3) is 3.79. The highest BCUT2D eigenvalue weighted by atomic mass is 32.2. The van der Waals surface area contributed by atoms with Gasteiger partial charge in [0.1, 0.15) is 17.7 Å². The second-order valence-electron chi connectivity index (χ2n) is 4.07. The third-order valence-corrected chi connectivity index (χ3v) is 3.46. The van der Waals surface area contributed by atoms with Crippen molar-refractivity contribution in [1.82, 2.24) is 9.97 Å². The van der Waals surface area contributed by atoms with E-state index in [2.05, 4.69) is 20.0 Å². The van der Waals surface area contributed by atoms with Gasteiger partial charge in [0.15, 0.2) is 11.6 Å². The highest BCUT2D eigenvalue weighted by Crippen LogP contribution is 2.30. The van der Waals surface area contributed by atoms with Crippen LogP contribution in [0.1, 0.15) is 5.56 Å². The lowest BCUT2D eigenvalue weighted by Gasteiger charge is -2.10. The van der Waals surface area contributed by atoms with Crippen molar-refractivity contribution >= 4 is 30.1 Å². The zero-order valence-corrected chi connectivity index (χ0v) is 12.8. The molecule has 0 saturated heterocycles. The number of aliphatic imine (C=N–C) groups is 2. The number of hydrogen-bond acceptors (Lipinski definition) is 5. The van der Waals surface area contributed by atoms with E-state index in [0.717, 1.165) is 16.9 Å². The molecule has 0 aliphatic heterocycles. The van der Waals surface area contributed by atoms with E-state index in [-0.39, 0.29) is 5.75 Å². The third-order valence-electron chi connectivity index (χ3n) is 2.67. The van der Waals surface area contributed by atoms with Crippen molar-refractivity contribution < 1.29 is 9.13 Å². The molecule has 6 nitrogen and oxygen atoms in total. The Balaban J connectivity index is 2.24. The Labute approximate surface area is 131 Å². The fourth-order valence-electron chi connectivity index (χ4n) is 1.62. The molecule has 114 valence electrons. The minimum atomic E-state index is -0.546. The first kappa shape index (κ1) is 15.9. The van der Waals surface area contributed by atoms with Gasteiger partial charge in [-0.2, -0.15) is 0 Å². The fraction of sp³-hybridized carbons (Fsp3) is 0.143. The van der Waals surface area contributed by atoms with Gasteiger partial charge in [-0.05, 0) is 25.3 Å². The first-order chi connectivity index (χ1) is 10.7. The minimum absolute atomic E-state index is 0.0649. The van der Waals surface area contributed by atoms with Crippen LogP contribution in [0.25, 0.3) is 0 Å². The predicted octanol–water partition coefficient (Wildman–Crippen LogP) is 3.09. The van der Waals surface area contributed by atoms with Crippen LogP contribution < -0.4 is 10.5 Å². The molecule has 0 spiro atoms. The van der Waals surface area contributed by atoms with Crippen LogP contribution in [-0.4, -0.2) is 28.9 Å². The number of halogens is 1. The molecular weight excluding hydrogens is 305 g/mol. The van der Waals surface area contributed by atoms with Gasteiger partial charge in [-0.3, -0.25) is 0 Å². The van der Waals surface area contributed by atoms with Crippen LogP contribution in [0.4, 0.5) is 10.1 Å². The highest BCUT2D eigenvalue weighted by molar-refractivity contribution is 7.98. The normalized spacial score (nSPS) is 11.4. The van der Waals surface area contributed by atoms with Crippen molar-refractivity contribution in [3.8, 4) is 11.6 Å². The van der Waals surface area contributed by atoms with Crippen LogP contribution in [0.15, 0.2) is 39.5 Å². The fourth-order valence-corrected chi connectivity index (χ4v) is 2.17. The maximum atomic E-state index is 14.0. The van der Waals surface area contributed by atoms with Crippen molar-refractivity contribution in [3.63, 3.8) is 0 Å². The highest BCUT2D eigenvalue weighted by Gasteiger charge is 2.11. The Morgan fingerprint density at radius 2 is 2.18 bits per heavy atom. The van der Waals surface area contributed by atoms with E-state index in [0.29, 0.717) is 11.6 Å². The number of ether oxygens (including phenoxy) is 1. The average Bonchev–Trinajstić information content (AvgIpc) is 2.52. The lowest BCUT2D eigenvalue weighted by molar-refractivity contribution is 0.421. The van der Waals surface area contributed by atoms with E-state index in [9.17, 15) is 4.39 Å².